The van der Waals surface area contributed by atoms with Crippen LogP contribution in [-0.4, -0.2) is 60.1 Å². The number of thioether (sulfide) groups is 1. The molecule has 2 bridgehead atoms. The number of ether oxygens (including phenoxy) is 4. The van der Waals surface area contributed by atoms with E-state index in [0.717, 1.165) is 56.3 Å². The van der Waals surface area contributed by atoms with Crippen LogP contribution in [0.4, 0.5) is 4.79 Å². The Bertz CT molecular complexity index is 906. The van der Waals surface area contributed by atoms with E-state index in [4.69, 9.17) is 18.9 Å². The van der Waals surface area contributed by atoms with Gasteiger partial charge in [-0.25, -0.2) is 0 Å². The van der Waals surface area contributed by atoms with E-state index < -0.39 is 5.79 Å². The summed E-state index contributed by atoms with van der Waals surface area (Å²) in [4.78, 5) is 27.5. The number of rotatable bonds is 5. The monoisotopic (exact) mass is 517 g/mol. The van der Waals surface area contributed by atoms with E-state index in [1.807, 2.05) is 29.2 Å². The van der Waals surface area contributed by atoms with Crippen molar-refractivity contribution < 1.29 is 28.5 Å². The lowest BCUT2D eigenvalue weighted by molar-refractivity contribution is -0.306. The van der Waals surface area contributed by atoms with E-state index in [2.05, 4.69) is 12.2 Å². The highest BCUT2D eigenvalue weighted by Crippen LogP contribution is 2.43. The summed E-state index contributed by atoms with van der Waals surface area (Å²) in [5, 5.41) is 0.00930. The molecule has 3 heterocycles. The molecule has 8 heteroatoms. The molecule has 2 fully saturated rings. The first-order chi connectivity index (χ1) is 17.5. The minimum atomic E-state index is -1.02. The lowest BCUT2D eigenvalue weighted by Gasteiger charge is -2.48. The van der Waals surface area contributed by atoms with Crippen LogP contribution in [0.15, 0.2) is 36.4 Å². The number of fused-ring (bicyclic) bond motifs is 2. The van der Waals surface area contributed by atoms with Crippen molar-refractivity contribution in [2.45, 2.75) is 94.8 Å². The van der Waals surface area contributed by atoms with Crippen molar-refractivity contribution in [1.82, 2.24) is 4.90 Å². The smallest absolute Gasteiger partial charge is 0.306 e. The zero-order chi connectivity index (χ0) is 25.4. The topological polar surface area (TPSA) is 74.3 Å². The Morgan fingerprint density at radius 1 is 1.03 bits per heavy atom. The third-order valence-electron chi connectivity index (χ3n) is 7.36. The Balaban J connectivity index is 1.54. The molecular weight excluding hydrogens is 478 g/mol. The van der Waals surface area contributed by atoms with Gasteiger partial charge in [-0.15, -0.1) is 0 Å². The number of carbonyl (C=O) groups is 2. The summed E-state index contributed by atoms with van der Waals surface area (Å²) in [6.07, 6.45) is 12.5. The van der Waals surface area contributed by atoms with E-state index in [0.29, 0.717) is 31.6 Å². The number of amides is 1. The van der Waals surface area contributed by atoms with Gasteiger partial charge in [-0.3, -0.25) is 9.59 Å². The lowest BCUT2D eigenvalue weighted by atomic mass is 9.90. The maximum atomic E-state index is 13.0. The number of esters is 1. The predicted octanol–water partition coefficient (Wildman–Crippen LogP) is 5.86. The van der Waals surface area contributed by atoms with E-state index in [1.165, 1.54) is 11.8 Å². The van der Waals surface area contributed by atoms with Crippen LogP contribution in [0.3, 0.4) is 0 Å². The summed E-state index contributed by atoms with van der Waals surface area (Å²) < 4.78 is 24.1. The van der Waals surface area contributed by atoms with E-state index in [-0.39, 0.29) is 29.5 Å². The molecule has 1 amide bonds. The molecule has 0 aromatic heterocycles. The minimum absolute atomic E-state index is 0.00930. The lowest BCUT2D eigenvalue weighted by Crippen LogP contribution is -2.60. The first kappa shape index (κ1) is 27.0. The Morgan fingerprint density at radius 3 is 2.56 bits per heavy atom. The van der Waals surface area contributed by atoms with Crippen LogP contribution in [0.2, 0.25) is 0 Å². The highest BCUT2D eigenvalue weighted by Gasteiger charge is 2.54. The zero-order valence-electron chi connectivity index (χ0n) is 21.5. The van der Waals surface area contributed by atoms with Crippen molar-refractivity contribution in [3.05, 3.63) is 42.0 Å². The van der Waals surface area contributed by atoms with Crippen LogP contribution < -0.4 is 4.74 Å². The summed E-state index contributed by atoms with van der Waals surface area (Å²) in [5.74, 6) is 0.171. The fourth-order valence-electron chi connectivity index (χ4n) is 5.39. The van der Waals surface area contributed by atoms with Crippen molar-refractivity contribution in [3.63, 3.8) is 0 Å². The van der Waals surface area contributed by atoms with E-state index >= 15 is 0 Å². The van der Waals surface area contributed by atoms with Crippen LogP contribution in [0.1, 0.15) is 69.8 Å². The van der Waals surface area contributed by atoms with Crippen LogP contribution in [0.25, 0.3) is 0 Å². The van der Waals surface area contributed by atoms with Gasteiger partial charge >= 0.3 is 5.97 Å². The van der Waals surface area contributed by atoms with Gasteiger partial charge in [0.1, 0.15) is 11.9 Å². The highest BCUT2D eigenvalue weighted by atomic mass is 32.2. The van der Waals surface area contributed by atoms with Crippen LogP contribution in [0.5, 0.6) is 5.75 Å². The number of benzene rings is 1. The molecule has 1 aromatic carbocycles. The highest BCUT2D eigenvalue weighted by molar-refractivity contribution is 8.13. The van der Waals surface area contributed by atoms with Crippen molar-refractivity contribution in [2.24, 2.45) is 0 Å². The second kappa shape index (κ2) is 13.0. The van der Waals surface area contributed by atoms with E-state index in [1.54, 1.807) is 14.2 Å². The third-order valence-corrected chi connectivity index (χ3v) is 8.32. The summed E-state index contributed by atoms with van der Waals surface area (Å²) in [6, 6.07) is 7.46. The van der Waals surface area contributed by atoms with Gasteiger partial charge in [0, 0.05) is 38.7 Å². The molecule has 4 atom stereocenters. The van der Waals surface area contributed by atoms with Crippen LogP contribution >= 0.6 is 11.8 Å². The standard InChI is InChI=1S/C28H39NO6S/c1-32-22-15-13-21(14-16-22)19-29-25(20-36-27(29)31)28(33-2)18-24-17-23(35-28)11-9-7-5-3-4-6-8-10-12-26(30)34-24/h3,5,13-16,23-25H,4,6-12,17-20H2,1-2H3/t23-,24-,25?,28-/m1/s1. The van der Waals surface area contributed by atoms with Crippen molar-refractivity contribution in [3.8, 4) is 5.75 Å². The maximum absolute atomic E-state index is 13.0. The van der Waals surface area contributed by atoms with E-state index in [9.17, 15) is 9.59 Å². The minimum Gasteiger partial charge on any atom is -0.497 e. The average Bonchev–Trinajstić information content (AvgIpc) is 3.25. The summed E-state index contributed by atoms with van der Waals surface area (Å²) in [7, 11) is 3.28. The average molecular weight is 518 g/mol. The number of methoxy groups -OCH3 is 2. The quantitative estimate of drug-likeness (QED) is 0.358. The molecule has 0 spiro atoms. The second-order valence-electron chi connectivity index (χ2n) is 9.88. The Hall–Kier alpha value is -2.03. The largest absolute Gasteiger partial charge is 0.497 e. The molecular formula is C28H39NO6S. The van der Waals surface area contributed by atoms with Gasteiger partial charge in [0.05, 0.1) is 19.3 Å². The Morgan fingerprint density at radius 2 is 1.81 bits per heavy atom. The van der Waals surface area contributed by atoms with Crippen LogP contribution in [-0.2, 0) is 25.5 Å². The van der Waals surface area contributed by atoms with Gasteiger partial charge in [-0.05, 0) is 56.2 Å². The Kier molecular flexibility index (Phi) is 9.73. The SMILES string of the molecule is COc1ccc(CN2C(=O)SCC2[C@@]2(OC)C[C@H]3C[C@@H](CCCC=CCCCCCC(=O)O3)O2)cc1. The molecule has 0 saturated carbocycles. The molecule has 0 aliphatic carbocycles. The van der Waals surface area contributed by atoms with Crippen molar-refractivity contribution in [2.75, 3.05) is 20.0 Å². The van der Waals surface area contributed by atoms with Gasteiger partial charge in [0.25, 0.3) is 5.24 Å². The molecule has 0 radical (unpaired) electrons. The molecule has 0 N–H and O–H groups in total. The predicted molar refractivity (Wildman–Crippen MR) is 140 cm³/mol. The summed E-state index contributed by atoms with van der Waals surface area (Å²) in [6.45, 7) is 0.453. The van der Waals surface area contributed by atoms with Crippen LogP contribution in [0, 0.1) is 0 Å². The Labute approximate surface area is 218 Å². The third kappa shape index (κ3) is 6.84. The van der Waals surface area contributed by atoms with Gasteiger partial charge < -0.3 is 23.8 Å². The van der Waals surface area contributed by atoms with Gasteiger partial charge in [-0.2, -0.15) is 0 Å². The summed E-state index contributed by atoms with van der Waals surface area (Å²) >= 11 is 1.29. The van der Waals surface area contributed by atoms with Crippen molar-refractivity contribution >= 4 is 23.0 Å². The van der Waals surface area contributed by atoms with Gasteiger partial charge in [-0.1, -0.05) is 42.5 Å². The fraction of sp³-hybridized carbons (Fsp3) is 0.643. The molecule has 3 aliphatic rings. The first-order valence-electron chi connectivity index (χ1n) is 13.2. The zero-order valence-corrected chi connectivity index (χ0v) is 22.3. The molecule has 2 saturated heterocycles. The number of allylic oxidation sites excluding steroid dienone is 2. The molecule has 7 nitrogen and oxygen atoms in total. The molecule has 36 heavy (non-hydrogen) atoms. The normalized spacial score (nSPS) is 30.4. The first-order valence-corrected chi connectivity index (χ1v) is 14.2. The maximum Gasteiger partial charge on any atom is 0.306 e. The number of hydrogen-bond donors (Lipinski definition) is 0. The molecule has 1 unspecified atom stereocenters. The molecule has 1 aromatic rings. The number of carbonyl (C=O) groups excluding carboxylic acids is 2. The van der Waals surface area contributed by atoms with Gasteiger partial charge in [0.2, 0.25) is 0 Å². The molecule has 198 valence electrons. The summed E-state index contributed by atoms with van der Waals surface area (Å²) in [5.41, 5.74) is 1.01. The van der Waals surface area contributed by atoms with Gasteiger partial charge in [0.15, 0.2) is 5.79 Å². The number of hydrogen-bond acceptors (Lipinski definition) is 7. The fourth-order valence-corrected chi connectivity index (χ4v) is 6.48. The molecule has 3 aliphatic heterocycles. The van der Waals surface area contributed by atoms with Crippen molar-refractivity contribution in [1.29, 1.82) is 0 Å². The molecule has 4 rings (SSSR count). The number of nitrogens with zero attached hydrogens (tertiary/aromatic N) is 1. The second-order valence-corrected chi connectivity index (χ2v) is 10.8.